The van der Waals surface area contributed by atoms with E-state index in [4.69, 9.17) is 5.73 Å². The summed E-state index contributed by atoms with van der Waals surface area (Å²) in [6.07, 6.45) is 2.35. The number of pyridine rings is 1. The number of hydrogen-bond acceptors (Lipinski definition) is 4. The smallest absolute Gasteiger partial charge is 0.126 e. The number of benzene rings is 1. The summed E-state index contributed by atoms with van der Waals surface area (Å²) >= 11 is 0. The van der Waals surface area contributed by atoms with Crippen LogP contribution in [0.4, 0.5) is 11.5 Å². The van der Waals surface area contributed by atoms with Crippen molar-refractivity contribution >= 4 is 22.4 Å². The van der Waals surface area contributed by atoms with Gasteiger partial charge in [0.1, 0.15) is 5.82 Å². The molecule has 0 saturated heterocycles. The van der Waals surface area contributed by atoms with E-state index in [-0.39, 0.29) is 0 Å². The quantitative estimate of drug-likeness (QED) is 0.617. The molecule has 1 aromatic heterocycles. The Balaban J connectivity index is 1.89. The average Bonchev–Trinajstić information content (AvgIpc) is 2.38. The number of nitrogen functional groups attached to an aromatic ring is 1. The highest BCUT2D eigenvalue weighted by Gasteiger charge is 1.98. The van der Waals surface area contributed by atoms with E-state index in [1.165, 1.54) is 6.42 Å². The summed E-state index contributed by atoms with van der Waals surface area (Å²) in [6.45, 7) is 2.09. The Labute approximate surface area is 114 Å². The van der Waals surface area contributed by atoms with Crippen molar-refractivity contribution in [1.82, 2.24) is 9.88 Å². The number of nitrogens with one attached hydrogen (secondary N) is 1. The molecule has 0 aliphatic heterocycles. The normalized spacial score (nSPS) is 11.1. The van der Waals surface area contributed by atoms with Crippen molar-refractivity contribution in [2.75, 3.05) is 38.2 Å². The van der Waals surface area contributed by atoms with Crippen LogP contribution in [0, 0.1) is 0 Å². The maximum Gasteiger partial charge on any atom is 0.126 e. The number of anilines is 2. The van der Waals surface area contributed by atoms with Gasteiger partial charge in [-0.2, -0.15) is 0 Å². The van der Waals surface area contributed by atoms with Crippen molar-refractivity contribution in [3.05, 3.63) is 30.3 Å². The van der Waals surface area contributed by atoms with Crippen LogP contribution < -0.4 is 11.1 Å². The van der Waals surface area contributed by atoms with E-state index in [1.807, 2.05) is 24.3 Å². The number of aromatic nitrogens is 1. The first-order chi connectivity index (χ1) is 9.15. The molecule has 2 aromatic rings. The highest BCUT2D eigenvalue weighted by molar-refractivity contribution is 5.83. The summed E-state index contributed by atoms with van der Waals surface area (Å²) in [7, 11) is 4.20. The van der Waals surface area contributed by atoms with Crippen LogP contribution in [-0.2, 0) is 0 Å². The van der Waals surface area contributed by atoms with E-state index < -0.39 is 0 Å². The Hall–Kier alpha value is -1.81. The number of hydrogen-bond donors (Lipinski definition) is 2. The maximum atomic E-state index is 5.75. The van der Waals surface area contributed by atoms with Crippen molar-refractivity contribution in [3.63, 3.8) is 0 Å². The van der Waals surface area contributed by atoms with Crippen LogP contribution in [0.2, 0.25) is 0 Å². The fourth-order valence-corrected chi connectivity index (χ4v) is 2.01. The molecule has 0 aliphatic carbocycles. The first-order valence-corrected chi connectivity index (χ1v) is 6.70. The highest BCUT2D eigenvalue weighted by atomic mass is 15.0. The summed E-state index contributed by atoms with van der Waals surface area (Å²) < 4.78 is 0. The van der Waals surface area contributed by atoms with Crippen LogP contribution in [-0.4, -0.2) is 37.1 Å². The molecule has 0 unspecified atom stereocenters. The van der Waals surface area contributed by atoms with E-state index in [1.54, 1.807) is 0 Å². The van der Waals surface area contributed by atoms with Gasteiger partial charge in [-0.05, 0) is 63.8 Å². The van der Waals surface area contributed by atoms with Crippen LogP contribution in [0.5, 0.6) is 0 Å². The Morgan fingerprint density at radius 1 is 1.16 bits per heavy atom. The SMILES string of the molecule is CN(C)CCCCNc1ccc2cc(N)ccc2n1. The monoisotopic (exact) mass is 258 g/mol. The molecule has 0 atom stereocenters. The molecule has 1 heterocycles. The van der Waals surface area contributed by atoms with E-state index >= 15 is 0 Å². The lowest BCUT2D eigenvalue weighted by Crippen LogP contribution is -2.14. The predicted molar refractivity (Wildman–Crippen MR) is 82.4 cm³/mol. The number of fused-ring (bicyclic) bond motifs is 1. The lowest BCUT2D eigenvalue weighted by atomic mass is 10.2. The van der Waals surface area contributed by atoms with E-state index in [2.05, 4.69) is 35.4 Å². The first kappa shape index (κ1) is 13.6. The van der Waals surface area contributed by atoms with Crippen molar-refractivity contribution in [3.8, 4) is 0 Å². The zero-order chi connectivity index (χ0) is 13.7. The topological polar surface area (TPSA) is 54.2 Å². The zero-order valence-electron chi connectivity index (χ0n) is 11.7. The van der Waals surface area contributed by atoms with Gasteiger partial charge in [-0.15, -0.1) is 0 Å². The van der Waals surface area contributed by atoms with Gasteiger partial charge < -0.3 is 16.0 Å². The van der Waals surface area contributed by atoms with Crippen molar-refractivity contribution < 1.29 is 0 Å². The molecule has 0 fully saturated rings. The molecule has 0 radical (unpaired) electrons. The largest absolute Gasteiger partial charge is 0.399 e. The van der Waals surface area contributed by atoms with E-state index in [9.17, 15) is 0 Å². The molecule has 102 valence electrons. The van der Waals surface area contributed by atoms with Gasteiger partial charge in [-0.1, -0.05) is 0 Å². The molecule has 19 heavy (non-hydrogen) atoms. The van der Waals surface area contributed by atoms with Gasteiger partial charge in [-0.3, -0.25) is 0 Å². The lowest BCUT2D eigenvalue weighted by Gasteiger charge is -2.10. The summed E-state index contributed by atoms with van der Waals surface area (Å²) in [6, 6.07) is 9.86. The fourth-order valence-electron chi connectivity index (χ4n) is 2.01. The van der Waals surface area contributed by atoms with Crippen molar-refractivity contribution in [2.45, 2.75) is 12.8 Å². The van der Waals surface area contributed by atoms with Gasteiger partial charge in [0.25, 0.3) is 0 Å². The second kappa shape index (κ2) is 6.38. The molecule has 4 nitrogen and oxygen atoms in total. The van der Waals surface area contributed by atoms with Gasteiger partial charge in [0.2, 0.25) is 0 Å². The van der Waals surface area contributed by atoms with Gasteiger partial charge in [-0.25, -0.2) is 4.98 Å². The number of nitrogens with two attached hydrogens (primary N) is 1. The Morgan fingerprint density at radius 2 is 2.00 bits per heavy atom. The maximum absolute atomic E-state index is 5.75. The minimum absolute atomic E-state index is 0.777. The summed E-state index contributed by atoms with van der Waals surface area (Å²) in [5.74, 6) is 0.933. The molecule has 0 spiro atoms. The molecular formula is C15H22N4. The average molecular weight is 258 g/mol. The van der Waals surface area contributed by atoms with Crippen LogP contribution in [0.1, 0.15) is 12.8 Å². The van der Waals surface area contributed by atoms with Gasteiger partial charge in [0, 0.05) is 17.6 Å². The summed E-state index contributed by atoms with van der Waals surface area (Å²) in [5.41, 5.74) is 7.51. The van der Waals surface area contributed by atoms with Crippen LogP contribution in [0.25, 0.3) is 10.9 Å². The molecule has 0 bridgehead atoms. The van der Waals surface area contributed by atoms with E-state index in [0.717, 1.165) is 41.9 Å². The van der Waals surface area contributed by atoms with E-state index in [0.29, 0.717) is 0 Å². The minimum Gasteiger partial charge on any atom is -0.399 e. The molecule has 4 heteroatoms. The standard InChI is InChI=1S/C15H22N4/c1-19(2)10-4-3-9-17-15-8-5-12-11-13(16)6-7-14(12)18-15/h5-8,11H,3-4,9-10,16H2,1-2H3,(H,17,18). The number of nitrogens with zero attached hydrogens (tertiary/aromatic N) is 2. The molecule has 3 N–H and O–H groups in total. The Morgan fingerprint density at radius 3 is 2.79 bits per heavy atom. The fraction of sp³-hybridized carbons (Fsp3) is 0.400. The first-order valence-electron chi connectivity index (χ1n) is 6.70. The second-order valence-corrected chi connectivity index (χ2v) is 5.09. The van der Waals surface area contributed by atoms with Gasteiger partial charge >= 0.3 is 0 Å². The molecule has 0 saturated carbocycles. The third kappa shape index (κ3) is 4.10. The Kier molecular flexibility index (Phi) is 4.58. The van der Waals surface area contributed by atoms with Crippen LogP contribution >= 0.6 is 0 Å². The van der Waals surface area contributed by atoms with Gasteiger partial charge in [0.15, 0.2) is 0 Å². The molecule has 1 aromatic carbocycles. The lowest BCUT2D eigenvalue weighted by molar-refractivity contribution is 0.396. The predicted octanol–water partition coefficient (Wildman–Crippen LogP) is 2.57. The minimum atomic E-state index is 0.777. The molecule has 0 aliphatic rings. The second-order valence-electron chi connectivity index (χ2n) is 5.09. The third-order valence-electron chi connectivity index (χ3n) is 3.05. The summed E-state index contributed by atoms with van der Waals surface area (Å²) in [5, 5.41) is 4.45. The van der Waals surface area contributed by atoms with Gasteiger partial charge in [0.05, 0.1) is 5.52 Å². The van der Waals surface area contributed by atoms with Crippen LogP contribution in [0.15, 0.2) is 30.3 Å². The number of unbranched alkanes of at least 4 members (excludes halogenated alkanes) is 1. The van der Waals surface area contributed by atoms with Crippen LogP contribution in [0.3, 0.4) is 0 Å². The third-order valence-corrected chi connectivity index (χ3v) is 3.05. The molecular weight excluding hydrogens is 236 g/mol. The molecule has 2 rings (SSSR count). The zero-order valence-corrected chi connectivity index (χ0v) is 11.7. The number of rotatable bonds is 6. The highest BCUT2D eigenvalue weighted by Crippen LogP contribution is 2.17. The summed E-state index contributed by atoms with van der Waals surface area (Å²) in [4.78, 5) is 6.78. The molecule has 0 amide bonds. The van der Waals surface area contributed by atoms with Crippen molar-refractivity contribution in [2.24, 2.45) is 0 Å². The Bertz CT molecular complexity index is 537. The van der Waals surface area contributed by atoms with Crippen molar-refractivity contribution in [1.29, 1.82) is 0 Å².